The Morgan fingerprint density at radius 2 is 1.89 bits per heavy atom. The summed E-state index contributed by atoms with van der Waals surface area (Å²) >= 11 is 3.45. The molecular formula is C15H24BrNO. The fraction of sp³-hybridized carbons (Fsp3) is 0.600. The number of halogens is 1. The van der Waals surface area contributed by atoms with E-state index in [4.69, 9.17) is 0 Å². The van der Waals surface area contributed by atoms with E-state index in [-0.39, 0.29) is 0 Å². The highest BCUT2D eigenvalue weighted by atomic mass is 79.9. The summed E-state index contributed by atoms with van der Waals surface area (Å²) in [4.78, 5) is 0. The van der Waals surface area contributed by atoms with Gasteiger partial charge < -0.3 is 10.4 Å². The SMILES string of the molecule is CCCC(C)(O)CNC(CC)c1ccc(Br)cc1. The lowest BCUT2D eigenvalue weighted by molar-refractivity contribution is 0.0470. The Kier molecular flexibility index (Phi) is 6.33. The van der Waals surface area contributed by atoms with Crippen molar-refractivity contribution >= 4 is 15.9 Å². The molecule has 102 valence electrons. The average molecular weight is 314 g/mol. The molecule has 2 nitrogen and oxygen atoms in total. The van der Waals surface area contributed by atoms with Crippen LogP contribution in [-0.2, 0) is 0 Å². The van der Waals surface area contributed by atoms with Gasteiger partial charge in [0.2, 0.25) is 0 Å². The highest BCUT2D eigenvalue weighted by Gasteiger charge is 2.20. The van der Waals surface area contributed by atoms with Crippen molar-refractivity contribution in [2.75, 3.05) is 6.54 Å². The van der Waals surface area contributed by atoms with E-state index in [0.717, 1.165) is 23.7 Å². The van der Waals surface area contributed by atoms with Gasteiger partial charge >= 0.3 is 0 Å². The molecule has 0 heterocycles. The summed E-state index contributed by atoms with van der Waals surface area (Å²) < 4.78 is 1.10. The van der Waals surface area contributed by atoms with Gasteiger partial charge in [-0.15, -0.1) is 0 Å². The molecule has 0 bridgehead atoms. The highest BCUT2D eigenvalue weighted by molar-refractivity contribution is 9.10. The van der Waals surface area contributed by atoms with Gasteiger partial charge in [-0.25, -0.2) is 0 Å². The van der Waals surface area contributed by atoms with Crippen LogP contribution in [0, 0.1) is 0 Å². The van der Waals surface area contributed by atoms with Crippen molar-refractivity contribution in [2.45, 2.75) is 51.7 Å². The van der Waals surface area contributed by atoms with Crippen LogP contribution in [0.4, 0.5) is 0 Å². The van der Waals surface area contributed by atoms with E-state index in [0.29, 0.717) is 12.6 Å². The van der Waals surface area contributed by atoms with Crippen LogP contribution < -0.4 is 5.32 Å². The van der Waals surface area contributed by atoms with E-state index >= 15 is 0 Å². The lowest BCUT2D eigenvalue weighted by atomic mass is 9.98. The zero-order valence-electron chi connectivity index (χ0n) is 11.5. The van der Waals surface area contributed by atoms with Gasteiger partial charge in [0.25, 0.3) is 0 Å². The van der Waals surface area contributed by atoms with Gasteiger partial charge in [0.1, 0.15) is 0 Å². The van der Waals surface area contributed by atoms with Crippen molar-refractivity contribution < 1.29 is 5.11 Å². The Hall–Kier alpha value is -0.380. The first-order chi connectivity index (χ1) is 8.48. The molecule has 2 atom stereocenters. The van der Waals surface area contributed by atoms with Gasteiger partial charge in [-0.05, 0) is 37.5 Å². The molecule has 0 aromatic heterocycles. The molecule has 2 N–H and O–H groups in total. The molecule has 0 radical (unpaired) electrons. The van der Waals surface area contributed by atoms with Crippen LogP contribution in [0.15, 0.2) is 28.7 Å². The van der Waals surface area contributed by atoms with E-state index in [1.165, 1.54) is 5.56 Å². The minimum Gasteiger partial charge on any atom is -0.389 e. The van der Waals surface area contributed by atoms with E-state index in [1.807, 2.05) is 6.92 Å². The highest BCUT2D eigenvalue weighted by Crippen LogP contribution is 2.20. The first-order valence-electron chi connectivity index (χ1n) is 6.69. The Morgan fingerprint density at radius 3 is 2.39 bits per heavy atom. The lowest BCUT2D eigenvalue weighted by Crippen LogP contribution is -2.39. The summed E-state index contributed by atoms with van der Waals surface area (Å²) in [6.07, 6.45) is 2.85. The molecule has 1 aromatic rings. The summed E-state index contributed by atoms with van der Waals surface area (Å²) in [6, 6.07) is 8.68. The lowest BCUT2D eigenvalue weighted by Gasteiger charge is -2.27. The predicted molar refractivity (Wildman–Crippen MR) is 80.7 cm³/mol. The number of benzene rings is 1. The number of rotatable bonds is 7. The maximum Gasteiger partial charge on any atom is 0.0743 e. The number of hydrogen-bond donors (Lipinski definition) is 2. The first kappa shape index (κ1) is 15.7. The Labute approximate surface area is 119 Å². The van der Waals surface area contributed by atoms with Crippen LogP contribution >= 0.6 is 15.9 Å². The molecule has 0 spiro atoms. The largest absolute Gasteiger partial charge is 0.389 e. The predicted octanol–water partition coefficient (Wildman–Crippen LogP) is 4.04. The molecule has 0 saturated carbocycles. The average Bonchev–Trinajstić information content (AvgIpc) is 2.32. The Morgan fingerprint density at radius 1 is 1.28 bits per heavy atom. The second-order valence-electron chi connectivity index (χ2n) is 5.14. The third-order valence-corrected chi connectivity index (χ3v) is 3.73. The van der Waals surface area contributed by atoms with E-state index in [1.54, 1.807) is 0 Å². The quantitative estimate of drug-likeness (QED) is 0.796. The van der Waals surface area contributed by atoms with Crippen molar-refractivity contribution in [3.8, 4) is 0 Å². The van der Waals surface area contributed by atoms with E-state index in [9.17, 15) is 5.11 Å². The zero-order chi connectivity index (χ0) is 13.6. The van der Waals surface area contributed by atoms with Gasteiger partial charge in [-0.1, -0.05) is 48.3 Å². The van der Waals surface area contributed by atoms with Crippen molar-refractivity contribution in [1.29, 1.82) is 0 Å². The van der Waals surface area contributed by atoms with E-state index < -0.39 is 5.60 Å². The zero-order valence-corrected chi connectivity index (χ0v) is 13.1. The maximum absolute atomic E-state index is 10.2. The van der Waals surface area contributed by atoms with Crippen LogP contribution in [0.3, 0.4) is 0 Å². The number of nitrogens with one attached hydrogen (secondary N) is 1. The molecule has 0 saturated heterocycles. The molecule has 1 rings (SSSR count). The summed E-state index contributed by atoms with van der Waals surface area (Å²) in [5.74, 6) is 0. The molecule has 1 aromatic carbocycles. The number of hydrogen-bond acceptors (Lipinski definition) is 2. The summed E-state index contributed by atoms with van der Waals surface area (Å²) in [7, 11) is 0. The van der Waals surface area contributed by atoms with Crippen molar-refractivity contribution in [1.82, 2.24) is 5.32 Å². The molecule has 0 aliphatic rings. The second kappa shape index (κ2) is 7.27. The minimum absolute atomic E-state index is 0.307. The fourth-order valence-electron chi connectivity index (χ4n) is 2.16. The normalized spacial score (nSPS) is 16.3. The third-order valence-electron chi connectivity index (χ3n) is 3.20. The molecule has 0 aliphatic carbocycles. The van der Waals surface area contributed by atoms with Crippen molar-refractivity contribution in [3.63, 3.8) is 0 Å². The number of aliphatic hydroxyl groups is 1. The molecule has 3 heteroatoms. The monoisotopic (exact) mass is 313 g/mol. The van der Waals surface area contributed by atoms with Crippen LogP contribution in [0.5, 0.6) is 0 Å². The van der Waals surface area contributed by atoms with Crippen LogP contribution in [-0.4, -0.2) is 17.3 Å². The molecule has 18 heavy (non-hydrogen) atoms. The first-order valence-corrected chi connectivity index (χ1v) is 7.49. The van der Waals surface area contributed by atoms with Crippen LogP contribution in [0.25, 0.3) is 0 Å². The second-order valence-corrected chi connectivity index (χ2v) is 6.06. The van der Waals surface area contributed by atoms with Crippen molar-refractivity contribution in [2.24, 2.45) is 0 Å². The summed E-state index contributed by atoms with van der Waals surface area (Å²) in [5, 5.41) is 13.6. The molecule has 0 amide bonds. The smallest absolute Gasteiger partial charge is 0.0743 e. The molecule has 0 aliphatic heterocycles. The Balaban J connectivity index is 2.60. The minimum atomic E-state index is -0.614. The van der Waals surface area contributed by atoms with E-state index in [2.05, 4.69) is 59.4 Å². The Bertz CT molecular complexity index is 348. The topological polar surface area (TPSA) is 32.3 Å². The van der Waals surface area contributed by atoms with Gasteiger partial charge in [0.15, 0.2) is 0 Å². The van der Waals surface area contributed by atoms with Crippen LogP contribution in [0.2, 0.25) is 0 Å². The van der Waals surface area contributed by atoms with Crippen molar-refractivity contribution in [3.05, 3.63) is 34.3 Å². The van der Waals surface area contributed by atoms with Gasteiger partial charge in [-0.3, -0.25) is 0 Å². The van der Waals surface area contributed by atoms with Gasteiger partial charge in [0.05, 0.1) is 5.60 Å². The van der Waals surface area contributed by atoms with Crippen LogP contribution in [0.1, 0.15) is 51.6 Å². The summed E-state index contributed by atoms with van der Waals surface area (Å²) in [6.45, 7) is 6.79. The molecular weight excluding hydrogens is 290 g/mol. The third kappa shape index (κ3) is 5.09. The maximum atomic E-state index is 10.2. The standard InChI is InChI=1S/C15H24BrNO/c1-4-10-15(3,18)11-17-14(5-2)12-6-8-13(16)9-7-12/h6-9,14,17-18H,4-5,10-11H2,1-3H3. The summed E-state index contributed by atoms with van der Waals surface area (Å²) in [5.41, 5.74) is 0.658. The van der Waals surface area contributed by atoms with Gasteiger partial charge in [-0.2, -0.15) is 0 Å². The molecule has 0 fully saturated rings. The van der Waals surface area contributed by atoms with Gasteiger partial charge in [0, 0.05) is 17.1 Å². The molecule has 2 unspecified atom stereocenters. The fourth-order valence-corrected chi connectivity index (χ4v) is 2.43.